The molecule has 1 saturated heterocycles. The van der Waals surface area contributed by atoms with Crippen LogP contribution in [0.1, 0.15) is 10.4 Å². The topological polar surface area (TPSA) is 61.4 Å². The van der Waals surface area contributed by atoms with Crippen LogP contribution in [0.5, 0.6) is 0 Å². The lowest BCUT2D eigenvalue weighted by atomic mass is 10.0. The number of nitrogens with one attached hydrogen (secondary N) is 1. The predicted octanol–water partition coefficient (Wildman–Crippen LogP) is 4.44. The number of rotatable bonds is 4. The molecule has 0 spiro atoms. The standard InChI is InChI=1S/C26H24FN5O/c1-31-12-14-32(15-13-31)25-11-10-20(17-28-25)29-26(33)22-16-24(18-6-8-19(27)9-7-18)30-23-5-3-2-4-21(22)23/h2-11,16-17H,12-15H2,1H3,(H,29,33). The Bertz CT molecular complexity index is 1280. The zero-order valence-corrected chi connectivity index (χ0v) is 18.3. The number of nitrogens with zero attached hydrogens (tertiary/aromatic N) is 4. The van der Waals surface area contributed by atoms with Crippen molar-refractivity contribution in [1.29, 1.82) is 0 Å². The van der Waals surface area contributed by atoms with Crippen LogP contribution in [-0.2, 0) is 0 Å². The quantitative estimate of drug-likeness (QED) is 0.507. The number of aromatic nitrogens is 2. The Kier molecular flexibility index (Phi) is 5.71. The maximum absolute atomic E-state index is 13.4. The summed E-state index contributed by atoms with van der Waals surface area (Å²) in [5, 5.41) is 3.71. The highest BCUT2D eigenvalue weighted by Gasteiger charge is 2.17. The molecule has 1 N–H and O–H groups in total. The normalized spacial score (nSPS) is 14.4. The van der Waals surface area contributed by atoms with Gasteiger partial charge in [-0.3, -0.25) is 4.79 Å². The van der Waals surface area contributed by atoms with Gasteiger partial charge >= 0.3 is 0 Å². The van der Waals surface area contributed by atoms with E-state index in [0.717, 1.165) is 42.9 Å². The Labute approximate surface area is 191 Å². The summed E-state index contributed by atoms with van der Waals surface area (Å²) < 4.78 is 13.4. The van der Waals surface area contributed by atoms with E-state index >= 15 is 0 Å². The molecule has 2 aromatic heterocycles. The zero-order valence-electron chi connectivity index (χ0n) is 18.3. The van der Waals surface area contributed by atoms with Gasteiger partial charge in [-0.1, -0.05) is 18.2 Å². The molecule has 5 rings (SSSR count). The van der Waals surface area contributed by atoms with Gasteiger partial charge in [-0.05, 0) is 55.6 Å². The molecular weight excluding hydrogens is 417 g/mol. The van der Waals surface area contributed by atoms with E-state index in [0.29, 0.717) is 22.5 Å². The van der Waals surface area contributed by atoms with Crippen molar-refractivity contribution in [3.63, 3.8) is 0 Å². The van der Waals surface area contributed by atoms with Crippen LogP contribution in [0, 0.1) is 5.82 Å². The van der Waals surface area contributed by atoms with Gasteiger partial charge in [0.15, 0.2) is 0 Å². The molecule has 166 valence electrons. The van der Waals surface area contributed by atoms with Gasteiger partial charge in [-0.15, -0.1) is 0 Å². The van der Waals surface area contributed by atoms with Gasteiger partial charge < -0.3 is 15.1 Å². The summed E-state index contributed by atoms with van der Waals surface area (Å²) in [6.07, 6.45) is 1.69. The Morgan fingerprint density at radius 2 is 1.73 bits per heavy atom. The first-order valence-corrected chi connectivity index (χ1v) is 10.9. The molecule has 0 saturated carbocycles. The van der Waals surface area contributed by atoms with Crippen LogP contribution in [0.2, 0.25) is 0 Å². The van der Waals surface area contributed by atoms with Gasteiger partial charge in [-0.25, -0.2) is 14.4 Å². The predicted molar refractivity (Wildman–Crippen MR) is 129 cm³/mol. The molecule has 0 bridgehead atoms. The summed E-state index contributed by atoms with van der Waals surface area (Å²) in [5.74, 6) is 0.352. The Morgan fingerprint density at radius 1 is 0.970 bits per heavy atom. The number of anilines is 2. The van der Waals surface area contributed by atoms with E-state index in [9.17, 15) is 9.18 Å². The van der Waals surface area contributed by atoms with Crippen molar-refractivity contribution in [2.45, 2.75) is 0 Å². The highest BCUT2D eigenvalue weighted by molar-refractivity contribution is 6.13. The molecule has 33 heavy (non-hydrogen) atoms. The third kappa shape index (κ3) is 4.54. The van der Waals surface area contributed by atoms with Crippen LogP contribution in [0.15, 0.2) is 72.9 Å². The smallest absolute Gasteiger partial charge is 0.256 e. The number of para-hydroxylation sites is 1. The summed E-state index contributed by atoms with van der Waals surface area (Å²) in [6.45, 7) is 3.88. The molecule has 2 aromatic carbocycles. The SMILES string of the molecule is CN1CCN(c2ccc(NC(=O)c3cc(-c4ccc(F)cc4)nc4ccccc34)cn2)CC1. The highest BCUT2D eigenvalue weighted by atomic mass is 19.1. The van der Waals surface area contributed by atoms with Crippen molar-refractivity contribution in [3.05, 3.63) is 84.3 Å². The highest BCUT2D eigenvalue weighted by Crippen LogP contribution is 2.26. The van der Waals surface area contributed by atoms with Crippen LogP contribution in [0.4, 0.5) is 15.9 Å². The first-order chi connectivity index (χ1) is 16.1. The van der Waals surface area contributed by atoms with Crippen molar-refractivity contribution in [3.8, 4) is 11.3 Å². The van der Waals surface area contributed by atoms with Gasteiger partial charge in [0.1, 0.15) is 11.6 Å². The summed E-state index contributed by atoms with van der Waals surface area (Å²) >= 11 is 0. The molecule has 3 heterocycles. The average Bonchev–Trinajstić information content (AvgIpc) is 2.85. The molecule has 7 heteroatoms. The van der Waals surface area contributed by atoms with E-state index in [1.165, 1.54) is 12.1 Å². The van der Waals surface area contributed by atoms with Crippen LogP contribution in [-0.4, -0.2) is 54.0 Å². The summed E-state index contributed by atoms with van der Waals surface area (Å²) in [4.78, 5) is 27.0. The van der Waals surface area contributed by atoms with E-state index in [2.05, 4.69) is 32.1 Å². The monoisotopic (exact) mass is 441 g/mol. The Morgan fingerprint density at radius 3 is 2.45 bits per heavy atom. The molecule has 0 unspecified atom stereocenters. The van der Waals surface area contributed by atoms with Crippen molar-refractivity contribution in [2.75, 3.05) is 43.4 Å². The maximum atomic E-state index is 13.4. The fourth-order valence-corrected chi connectivity index (χ4v) is 4.01. The number of fused-ring (bicyclic) bond motifs is 1. The summed E-state index contributed by atoms with van der Waals surface area (Å²) in [6, 6.07) is 19.2. The number of pyridine rings is 2. The summed E-state index contributed by atoms with van der Waals surface area (Å²) in [7, 11) is 2.12. The minimum absolute atomic E-state index is 0.244. The molecule has 1 aliphatic heterocycles. The molecule has 1 amide bonds. The first kappa shape index (κ1) is 21.0. The molecule has 0 atom stereocenters. The fraction of sp³-hybridized carbons (Fsp3) is 0.192. The van der Waals surface area contributed by atoms with Gasteiger partial charge in [0.2, 0.25) is 0 Å². The lowest BCUT2D eigenvalue weighted by Crippen LogP contribution is -2.44. The van der Waals surface area contributed by atoms with Crippen LogP contribution >= 0.6 is 0 Å². The first-order valence-electron chi connectivity index (χ1n) is 10.9. The van der Waals surface area contributed by atoms with E-state index < -0.39 is 0 Å². The van der Waals surface area contributed by atoms with Crippen molar-refractivity contribution >= 4 is 28.3 Å². The zero-order chi connectivity index (χ0) is 22.8. The minimum atomic E-state index is -0.315. The van der Waals surface area contributed by atoms with Gasteiger partial charge in [0.25, 0.3) is 5.91 Å². The van der Waals surface area contributed by atoms with Crippen molar-refractivity contribution in [2.24, 2.45) is 0 Å². The number of piperazine rings is 1. The molecular formula is C26H24FN5O. The number of hydrogen-bond donors (Lipinski definition) is 1. The maximum Gasteiger partial charge on any atom is 0.256 e. The molecule has 4 aromatic rings. The number of carbonyl (C=O) groups excluding carboxylic acids is 1. The second kappa shape index (κ2) is 8.96. The second-order valence-corrected chi connectivity index (χ2v) is 8.23. The number of carbonyl (C=O) groups is 1. The largest absolute Gasteiger partial charge is 0.354 e. The van der Waals surface area contributed by atoms with Crippen LogP contribution in [0.25, 0.3) is 22.2 Å². The minimum Gasteiger partial charge on any atom is -0.354 e. The van der Waals surface area contributed by atoms with E-state index in [1.54, 1.807) is 24.4 Å². The van der Waals surface area contributed by atoms with E-state index in [4.69, 9.17) is 0 Å². The second-order valence-electron chi connectivity index (χ2n) is 8.23. The number of amides is 1. The van der Waals surface area contributed by atoms with Crippen LogP contribution < -0.4 is 10.2 Å². The number of likely N-dealkylation sites (N-methyl/N-ethyl adjacent to an activating group) is 1. The van der Waals surface area contributed by atoms with E-state index in [1.807, 2.05) is 36.4 Å². The van der Waals surface area contributed by atoms with Gasteiger partial charge in [-0.2, -0.15) is 0 Å². The molecule has 0 aliphatic carbocycles. The average molecular weight is 442 g/mol. The van der Waals surface area contributed by atoms with Crippen molar-refractivity contribution in [1.82, 2.24) is 14.9 Å². The van der Waals surface area contributed by atoms with E-state index in [-0.39, 0.29) is 11.7 Å². The molecule has 0 radical (unpaired) electrons. The third-order valence-electron chi connectivity index (χ3n) is 5.93. The Balaban J connectivity index is 1.41. The number of hydrogen-bond acceptors (Lipinski definition) is 5. The van der Waals surface area contributed by atoms with Gasteiger partial charge in [0, 0.05) is 37.1 Å². The summed E-state index contributed by atoms with van der Waals surface area (Å²) in [5.41, 5.74) is 3.19. The Hall–Kier alpha value is -3.84. The van der Waals surface area contributed by atoms with Crippen molar-refractivity contribution < 1.29 is 9.18 Å². The number of benzene rings is 2. The molecule has 6 nitrogen and oxygen atoms in total. The third-order valence-corrected chi connectivity index (χ3v) is 5.93. The van der Waals surface area contributed by atoms with Crippen LogP contribution in [0.3, 0.4) is 0 Å². The van der Waals surface area contributed by atoms with Gasteiger partial charge in [0.05, 0.1) is 28.7 Å². The number of halogens is 1. The fourth-order valence-electron chi connectivity index (χ4n) is 4.01. The lowest BCUT2D eigenvalue weighted by molar-refractivity contribution is 0.102. The molecule has 1 aliphatic rings. The lowest BCUT2D eigenvalue weighted by Gasteiger charge is -2.33. The molecule has 1 fully saturated rings.